The molecule has 0 fully saturated rings. The van der Waals surface area contributed by atoms with E-state index in [-0.39, 0.29) is 0 Å². The summed E-state index contributed by atoms with van der Waals surface area (Å²) in [6, 6.07) is 17.3. The third kappa shape index (κ3) is 3.78. The van der Waals surface area contributed by atoms with E-state index in [0.717, 1.165) is 11.4 Å². The molecule has 0 aliphatic heterocycles. The lowest BCUT2D eigenvalue weighted by Crippen LogP contribution is -2.72. The highest BCUT2D eigenvalue weighted by atomic mass is 14.8. The summed E-state index contributed by atoms with van der Waals surface area (Å²) in [6.07, 6.45) is 8.41. The molecule has 3 N–H and O–H groups in total. The van der Waals surface area contributed by atoms with Crippen LogP contribution in [0.15, 0.2) is 83.4 Å². The molecule has 2 aromatic carbocycles. The summed E-state index contributed by atoms with van der Waals surface area (Å²) in [4.78, 5) is 4.24. The summed E-state index contributed by atoms with van der Waals surface area (Å²) >= 11 is 0. The zero-order valence-electron chi connectivity index (χ0n) is 15.0. The zero-order valence-corrected chi connectivity index (χ0v) is 15.0. The molecule has 25 heavy (non-hydrogen) atoms. The van der Waals surface area contributed by atoms with Crippen molar-refractivity contribution in [3.8, 4) is 0 Å². The van der Waals surface area contributed by atoms with Crippen molar-refractivity contribution in [2.45, 2.75) is 0 Å². The molecule has 0 radical (unpaired) electrons. The third-order valence-electron chi connectivity index (χ3n) is 4.41. The van der Waals surface area contributed by atoms with Crippen molar-refractivity contribution in [3.05, 3.63) is 89.5 Å². The molecule has 0 atom stereocenters. The number of nitrogens with two attached hydrogens (primary N) is 1. The Hall–Kier alpha value is -2.91. The highest BCUT2D eigenvalue weighted by Crippen LogP contribution is 2.30. The maximum atomic E-state index is 4.24. The normalized spacial score (nSPS) is 13.1. The maximum absolute atomic E-state index is 4.24. The molecule has 2 aromatic rings. The van der Waals surface area contributed by atoms with E-state index in [9.17, 15) is 0 Å². The predicted octanol–water partition coefficient (Wildman–Crippen LogP) is 3.55. The highest BCUT2D eigenvalue weighted by Gasteiger charge is 2.11. The summed E-state index contributed by atoms with van der Waals surface area (Å²) in [5, 5.41) is 5.29. The monoisotopic (exact) mass is 330 g/mol. The van der Waals surface area contributed by atoms with E-state index in [1.54, 1.807) is 0 Å². The number of nitrogens with zero attached hydrogens (tertiary/aromatic N) is 1. The van der Waals surface area contributed by atoms with Gasteiger partial charge in [0.2, 0.25) is 0 Å². The average Bonchev–Trinajstić information content (AvgIpc) is 2.70. The molecule has 0 spiro atoms. The van der Waals surface area contributed by atoms with Gasteiger partial charge in [-0.25, -0.2) is 0 Å². The minimum atomic E-state index is 0.990. The Morgan fingerprint density at radius 2 is 1.40 bits per heavy atom. The molecule has 0 bridgehead atoms. The first kappa shape index (κ1) is 16.9. The van der Waals surface area contributed by atoms with Gasteiger partial charge in [0, 0.05) is 19.8 Å². The molecule has 126 valence electrons. The Morgan fingerprint density at radius 1 is 0.840 bits per heavy atom. The molecule has 0 saturated carbocycles. The number of hydrogen-bond acceptors (Lipinski definition) is 2. The van der Waals surface area contributed by atoms with E-state index < -0.39 is 0 Å². The van der Waals surface area contributed by atoms with Crippen LogP contribution in [0, 0.1) is 0 Å². The molecule has 1 aliphatic carbocycles. The molecule has 3 nitrogen and oxygen atoms in total. The van der Waals surface area contributed by atoms with Crippen molar-refractivity contribution in [2.75, 3.05) is 26.5 Å². The molecule has 3 heteroatoms. The minimum Gasteiger partial charge on any atom is -0.388 e. The van der Waals surface area contributed by atoms with Gasteiger partial charge in [-0.3, -0.25) is 4.99 Å². The summed E-state index contributed by atoms with van der Waals surface area (Å²) in [7, 11) is 5.81. The zero-order chi connectivity index (χ0) is 17.6. The second-order valence-electron chi connectivity index (χ2n) is 5.88. The van der Waals surface area contributed by atoms with Crippen LogP contribution in [0.4, 0.5) is 11.4 Å². The quantitative estimate of drug-likeness (QED) is 0.827. The fourth-order valence-corrected chi connectivity index (χ4v) is 2.92. The lowest BCUT2D eigenvalue weighted by Gasteiger charge is -2.14. The number of anilines is 1. The standard InChI is InChI=1S/C22H23N3/c1-23-19-10-4-16(5-11-19)22(17-6-12-20(24-2)13-7-17)18-8-14-21(25-3)15-9-18/h4-15,23-24H,1-3H3/p+1. The van der Waals surface area contributed by atoms with Gasteiger partial charge in [0.1, 0.15) is 5.69 Å². The first-order chi connectivity index (χ1) is 12.2. The lowest BCUT2D eigenvalue weighted by molar-refractivity contribution is -0.539. The largest absolute Gasteiger partial charge is 0.388 e. The van der Waals surface area contributed by atoms with Crippen molar-refractivity contribution in [3.63, 3.8) is 0 Å². The van der Waals surface area contributed by atoms with Crippen LogP contribution in [0.1, 0.15) is 11.1 Å². The second-order valence-corrected chi connectivity index (χ2v) is 5.88. The highest BCUT2D eigenvalue weighted by molar-refractivity contribution is 6.07. The Bertz CT molecular complexity index is 784. The molecule has 1 aliphatic rings. The summed E-state index contributed by atoms with van der Waals surface area (Å²) in [6.45, 7) is 0. The topological polar surface area (TPSA) is 41.0 Å². The number of allylic oxidation sites excluding steroid dienone is 5. The predicted molar refractivity (Wildman–Crippen MR) is 108 cm³/mol. The van der Waals surface area contributed by atoms with Crippen LogP contribution in [0.25, 0.3) is 5.57 Å². The number of benzene rings is 2. The van der Waals surface area contributed by atoms with Gasteiger partial charge < -0.3 is 10.6 Å². The van der Waals surface area contributed by atoms with Crippen LogP contribution >= 0.6 is 0 Å². The van der Waals surface area contributed by atoms with Crippen molar-refractivity contribution >= 4 is 22.7 Å². The SMILES string of the molecule is CN=C1C=CC(=C(c2ccc(NC)cc2)c2ccc([NH2+]C)cc2)C=C1. The van der Waals surface area contributed by atoms with Crippen molar-refractivity contribution in [1.29, 1.82) is 0 Å². The van der Waals surface area contributed by atoms with Crippen LogP contribution in [0.5, 0.6) is 0 Å². The molecule has 0 heterocycles. The molecular formula is C22H24N3+. The van der Waals surface area contributed by atoms with Crippen LogP contribution < -0.4 is 10.6 Å². The molecular weight excluding hydrogens is 306 g/mol. The molecule has 0 aromatic heterocycles. The number of aliphatic imine (C=N–C) groups is 1. The van der Waals surface area contributed by atoms with E-state index in [1.807, 2.05) is 14.1 Å². The van der Waals surface area contributed by atoms with Crippen LogP contribution in [0.2, 0.25) is 0 Å². The van der Waals surface area contributed by atoms with Gasteiger partial charge in [-0.15, -0.1) is 0 Å². The molecule has 0 amide bonds. The first-order valence-corrected chi connectivity index (χ1v) is 8.50. The fraction of sp³-hybridized carbons (Fsp3) is 0.136. The average molecular weight is 330 g/mol. The number of quaternary nitrogens is 1. The lowest BCUT2D eigenvalue weighted by atomic mass is 9.90. The number of hydrogen-bond donors (Lipinski definition) is 2. The fourth-order valence-electron chi connectivity index (χ4n) is 2.92. The third-order valence-corrected chi connectivity index (χ3v) is 4.41. The molecule has 0 unspecified atom stereocenters. The van der Waals surface area contributed by atoms with E-state index in [4.69, 9.17) is 0 Å². The Labute approximate surface area is 149 Å². The number of nitrogens with one attached hydrogen (secondary N) is 1. The summed E-state index contributed by atoms with van der Waals surface area (Å²) in [5.74, 6) is 0. The van der Waals surface area contributed by atoms with Crippen LogP contribution in [-0.4, -0.2) is 26.9 Å². The molecule has 0 saturated heterocycles. The van der Waals surface area contributed by atoms with Gasteiger partial charge in [-0.05, 0) is 70.8 Å². The minimum absolute atomic E-state index is 0.990. The second kappa shape index (κ2) is 7.77. The van der Waals surface area contributed by atoms with Crippen molar-refractivity contribution in [2.24, 2.45) is 4.99 Å². The van der Waals surface area contributed by atoms with E-state index in [2.05, 4.69) is 95.5 Å². The molecule has 3 rings (SSSR count). The van der Waals surface area contributed by atoms with Gasteiger partial charge in [-0.1, -0.05) is 24.3 Å². The first-order valence-electron chi connectivity index (χ1n) is 8.50. The van der Waals surface area contributed by atoms with E-state index in [0.29, 0.717) is 0 Å². The van der Waals surface area contributed by atoms with Gasteiger partial charge in [-0.2, -0.15) is 0 Å². The van der Waals surface area contributed by atoms with Gasteiger partial charge >= 0.3 is 0 Å². The Kier molecular flexibility index (Phi) is 5.26. The smallest absolute Gasteiger partial charge is 0.129 e. The maximum Gasteiger partial charge on any atom is 0.129 e. The van der Waals surface area contributed by atoms with Gasteiger partial charge in [0.15, 0.2) is 0 Å². The van der Waals surface area contributed by atoms with E-state index >= 15 is 0 Å². The van der Waals surface area contributed by atoms with Crippen LogP contribution in [0.3, 0.4) is 0 Å². The van der Waals surface area contributed by atoms with Crippen molar-refractivity contribution < 1.29 is 5.32 Å². The Morgan fingerprint density at radius 3 is 1.88 bits per heavy atom. The van der Waals surface area contributed by atoms with E-state index in [1.165, 1.54) is 28.0 Å². The van der Waals surface area contributed by atoms with Gasteiger partial charge in [0.05, 0.1) is 12.8 Å². The summed E-state index contributed by atoms with van der Waals surface area (Å²) in [5.41, 5.74) is 8.17. The van der Waals surface area contributed by atoms with Crippen LogP contribution in [-0.2, 0) is 0 Å². The van der Waals surface area contributed by atoms with Crippen molar-refractivity contribution in [1.82, 2.24) is 0 Å². The number of rotatable bonds is 4. The summed E-state index contributed by atoms with van der Waals surface area (Å²) < 4.78 is 0. The van der Waals surface area contributed by atoms with Gasteiger partial charge in [0.25, 0.3) is 0 Å². The Balaban J connectivity index is 2.12.